The Labute approximate surface area is 151 Å². The number of piperidine rings is 1. The lowest BCUT2D eigenvalue weighted by atomic mass is 10.0. The second kappa shape index (κ2) is 12.0. The minimum Gasteiger partial charge on any atom is -0.345 e. The quantitative estimate of drug-likeness (QED) is 0.714. The standard InChI is InChI=1S/C16H31N3O2S.ClH/c1-13(2)14(17)7-10-18(3)15(20)11-22-12-16(21)19-8-5-4-6-9-19;/h13-14H,4-12,17H2,1-3H3;1H. The van der Waals surface area contributed by atoms with Gasteiger partial charge < -0.3 is 15.5 Å². The van der Waals surface area contributed by atoms with E-state index in [1.165, 1.54) is 18.2 Å². The number of hydrogen-bond acceptors (Lipinski definition) is 4. The number of thioether (sulfide) groups is 1. The highest BCUT2D eigenvalue weighted by molar-refractivity contribution is 8.00. The largest absolute Gasteiger partial charge is 0.345 e. The number of amides is 2. The molecular formula is C16H32ClN3O2S. The van der Waals surface area contributed by atoms with E-state index in [-0.39, 0.29) is 30.3 Å². The number of carbonyl (C=O) groups excluding carboxylic acids is 2. The maximum Gasteiger partial charge on any atom is 0.232 e. The van der Waals surface area contributed by atoms with Crippen LogP contribution in [0, 0.1) is 5.92 Å². The SMILES string of the molecule is CC(C)C(N)CCN(C)C(=O)CSCC(=O)N1CCCCC1.Cl. The Bertz CT molecular complexity index is 363. The molecule has 2 amide bonds. The van der Waals surface area contributed by atoms with Crippen LogP contribution in [0.25, 0.3) is 0 Å². The van der Waals surface area contributed by atoms with Crippen molar-refractivity contribution in [1.82, 2.24) is 9.80 Å². The Kier molecular flexibility index (Phi) is 11.7. The molecule has 1 rings (SSSR count). The van der Waals surface area contributed by atoms with Gasteiger partial charge in [-0.15, -0.1) is 24.2 Å². The highest BCUT2D eigenvalue weighted by Crippen LogP contribution is 2.12. The van der Waals surface area contributed by atoms with Crippen molar-refractivity contribution in [1.29, 1.82) is 0 Å². The van der Waals surface area contributed by atoms with Gasteiger partial charge in [0.25, 0.3) is 0 Å². The van der Waals surface area contributed by atoms with Crippen LogP contribution in [0.2, 0.25) is 0 Å². The Hall–Kier alpha value is -0.460. The first-order chi connectivity index (χ1) is 10.4. The first kappa shape index (κ1) is 22.5. The van der Waals surface area contributed by atoms with E-state index >= 15 is 0 Å². The van der Waals surface area contributed by atoms with Crippen LogP contribution in [0.3, 0.4) is 0 Å². The third kappa shape index (κ3) is 8.82. The Balaban J connectivity index is 0.00000484. The van der Waals surface area contributed by atoms with Crippen molar-refractivity contribution in [3.05, 3.63) is 0 Å². The van der Waals surface area contributed by atoms with Crippen LogP contribution in [0.4, 0.5) is 0 Å². The van der Waals surface area contributed by atoms with E-state index in [1.54, 1.807) is 4.90 Å². The van der Waals surface area contributed by atoms with Crippen molar-refractivity contribution in [3.8, 4) is 0 Å². The molecule has 1 heterocycles. The molecule has 1 fully saturated rings. The summed E-state index contributed by atoms with van der Waals surface area (Å²) in [6.45, 7) is 6.61. The molecular weight excluding hydrogens is 334 g/mol. The molecule has 1 aliphatic heterocycles. The highest BCUT2D eigenvalue weighted by Gasteiger charge is 2.17. The predicted octanol–water partition coefficient (Wildman–Crippen LogP) is 1.99. The fourth-order valence-electron chi connectivity index (χ4n) is 2.37. The van der Waals surface area contributed by atoms with E-state index in [1.807, 2.05) is 11.9 Å². The molecule has 0 saturated carbocycles. The topological polar surface area (TPSA) is 66.6 Å². The second-order valence-electron chi connectivity index (χ2n) is 6.45. The first-order valence-electron chi connectivity index (χ1n) is 8.27. The van der Waals surface area contributed by atoms with E-state index in [4.69, 9.17) is 5.73 Å². The molecule has 0 radical (unpaired) electrons. The molecule has 1 atom stereocenters. The Morgan fingerprint density at radius 2 is 1.78 bits per heavy atom. The zero-order chi connectivity index (χ0) is 16.5. The fraction of sp³-hybridized carbons (Fsp3) is 0.875. The zero-order valence-corrected chi connectivity index (χ0v) is 16.3. The number of halogens is 1. The third-order valence-electron chi connectivity index (χ3n) is 4.24. The Morgan fingerprint density at radius 3 is 2.35 bits per heavy atom. The summed E-state index contributed by atoms with van der Waals surface area (Å²) in [5.74, 6) is 1.45. The van der Waals surface area contributed by atoms with E-state index < -0.39 is 0 Å². The van der Waals surface area contributed by atoms with Gasteiger partial charge >= 0.3 is 0 Å². The zero-order valence-electron chi connectivity index (χ0n) is 14.6. The highest BCUT2D eigenvalue weighted by atomic mass is 35.5. The van der Waals surface area contributed by atoms with Crippen LogP contribution >= 0.6 is 24.2 Å². The summed E-state index contributed by atoms with van der Waals surface area (Å²) in [6, 6.07) is 0.128. The molecule has 0 aromatic heterocycles. The van der Waals surface area contributed by atoms with Crippen molar-refractivity contribution in [2.24, 2.45) is 11.7 Å². The molecule has 0 aliphatic carbocycles. The first-order valence-corrected chi connectivity index (χ1v) is 9.42. The summed E-state index contributed by atoms with van der Waals surface area (Å²) in [7, 11) is 1.81. The predicted molar refractivity (Wildman–Crippen MR) is 100 cm³/mol. The molecule has 5 nitrogen and oxygen atoms in total. The van der Waals surface area contributed by atoms with Crippen LogP contribution in [0.1, 0.15) is 39.5 Å². The number of nitrogens with two attached hydrogens (primary N) is 1. The third-order valence-corrected chi connectivity index (χ3v) is 5.14. The van der Waals surface area contributed by atoms with E-state index in [2.05, 4.69) is 13.8 Å². The van der Waals surface area contributed by atoms with E-state index in [0.717, 1.165) is 32.4 Å². The minimum atomic E-state index is 0. The van der Waals surface area contributed by atoms with Gasteiger partial charge in [0.05, 0.1) is 11.5 Å². The number of rotatable bonds is 8. The van der Waals surface area contributed by atoms with E-state index in [0.29, 0.717) is 24.0 Å². The molecule has 23 heavy (non-hydrogen) atoms. The van der Waals surface area contributed by atoms with Crippen molar-refractivity contribution >= 4 is 36.0 Å². The van der Waals surface area contributed by atoms with E-state index in [9.17, 15) is 9.59 Å². The number of likely N-dealkylation sites (tertiary alicyclic amines) is 1. The van der Waals surface area contributed by atoms with Gasteiger partial charge in [-0.05, 0) is 31.6 Å². The van der Waals surface area contributed by atoms with Crippen LogP contribution in [-0.4, -0.2) is 65.8 Å². The Morgan fingerprint density at radius 1 is 1.17 bits per heavy atom. The van der Waals surface area contributed by atoms with Crippen LogP contribution in [-0.2, 0) is 9.59 Å². The summed E-state index contributed by atoms with van der Waals surface area (Å²) in [5, 5.41) is 0. The summed E-state index contributed by atoms with van der Waals surface area (Å²) >= 11 is 1.42. The molecule has 0 aromatic rings. The van der Waals surface area contributed by atoms with Gasteiger partial charge in [-0.3, -0.25) is 9.59 Å². The van der Waals surface area contributed by atoms with Gasteiger partial charge in [-0.25, -0.2) is 0 Å². The van der Waals surface area contributed by atoms with Crippen LogP contribution < -0.4 is 5.73 Å². The van der Waals surface area contributed by atoms with Crippen molar-refractivity contribution in [3.63, 3.8) is 0 Å². The van der Waals surface area contributed by atoms with Crippen LogP contribution in [0.5, 0.6) is 0 Å². The average Bonchev–Trinajstić information content (AvgIpc) is 2.52. The summed E-state index contributed by atoms with van der Waals surface area (Å²) in [5.41, 5.74) is 5.99. The van der Waals surface area contributed by atoms with Gasteiger partial charge in [-0.1, -0.05) is 13.8 Å². The van der Waals surface area contributed by atoms with Crippen LogP contribution in [0.15, 0.2) is 0 Å². The lowest BCUT2D eigenvalue weighted by Crippen LogP contribution is -2.37. The van der Waals surface area contributed by atoms with Crippen molar-refractivity contribution in [2.75, 3.05) is 38.2 Å². The molecule has 0 bridgehead atoms. The second-order valence-corrected chi connectivity index (χ2v) is 7.43. The number of hydrogen-bond donors (Lipinski definition) is 1. The smallest absolute Gasteiger partial charge is 0.232 e. The van der Waals surface area contributed by atoms with Gasteiger partial charge in [0.15, 0.2) is 0 Å². The summed E-state index contributed by atoms with van der Waals surface area (Å²) < 4.78 is 0. The normalized spacial score (nSPS) is 16.0. The lowest BCUT2D eigenvalue weighted by Gasteiger charge is -2.26. The van der Waals surface area contributed by atoms with Crippen molar-refractivity contribution in [2.45, 2.75) is 45.6 Å². The maximum atomic E-state index is 12.0. The molecule has 0 aromatic carbocycles. The molecule has 1 unspecified atom stereocenters. The molecule has 1 saturated heterocycles. The lowest BCUT2D eigenvalue weighted by molar-refractivity contribution is -0.129. The molecule has 2 N–H and O–H groups in total. The molecule has 0 spiro atoms. The minimum absolute atomic E-state index is 0. The maximum absolute atomic E-state index is 12.0. The van der Waals surface area contributed by atoms with Gasteiger partial charge in [0, 0.05) is 32.7 Å². The summed E-state index contributed by atoms with van der Waals surface area (Å²) in [6.07, 6.45) is 4.25. The fourth-order valence-corrected chi connectivity index (χ4v) is 3.23. The number of carbonyl (C=O) groups is 2. The number of nitrogens with zero attached hydrogens (tertiary/aromatic N) is 2. The van der Waals surface area contributed by atoms with Gasteiger partial charge in [0.1, 0.15) is 0 Å². The van der Waals surface area contributed by atoms with Crippen molar-refractivity contribution < 1.29 is 9.59 Å². The molecule has 136 valence electrons. The molecule has 7 heteroatoms. The average molecular weight is 366 g/mol. The van der Waals surface area contributed by atoms with Gasteiger partial charge in [-0.2, -0.15) is 0 Å². The monoisotopic (exact) mass is 365 g/mol. The molecule has 1 aliphatic rings. The van der Waals surface area contributed by atoms with Gasteiger partial charge in [0.2, 0.25) is 11.8 Å². The summed E-state index contributed by atoms with van der Waals surface area (Å²) in [4.78, 5) is 27.7.